The van der Waals surface area contributed by atoms with Gasteiger partial charge in [-0.25, -0.2) is 14.1 Å². The maximum Gasteiger partial charge on any atom is 0.269 e. The summed E-state index contributed by atoms with van der Waals surface area (Å²) in [5.74, 6) is -0.328. The van der Waals surface area contributed by atoms with Crippen LogP contribution in [0.3, 0.4) is 0 Å². The Morgan fingerprint density at radius 1 is 1.08 bits per heavy atom. The van der Waals surface area contributed by atoms with Crippen molar-refractivity contribution in [3.63, 3.8) is 0 Å². The lowest BCUT2D eigenvalue weighted by Crippen LogP contribution is -2.00. The Balaban J connectivity index is 1.29. The van der Waals surface area contributed by atoms with E-state index in [2.05, 4.69) is 36.4 Å². The molecule has 0 aliphatic heterocycles. The molecule has 36 heavy (non-hydrogen) atoms. The normalized spacial score (nSPS) is 11.4. The van der Waals surface area contributed by atoms with Gasteiger partial charge in [-0.1, -0.05) is 22.5 Å². The van der Waals surface area contributed by atoms with Gasteiger partial charge in [0, 0.05) is 28.4 Å². The van der Waals surface area contributed by atoms with Crippen molar-refractivity contribution in [2.75, 3.05) is 0 Å². The van der Waals surface area contributed by atoms with Gasteiger partial charge in [0.1, 0.15) is 17.2 Å². The van der Waals surface area contributed by atoms with Gasteiger partial charge in [0.05, 0.1) is 35.3 Å². The van der Waals surface area contributed by atoms with Crippen molar-refractivity contribution < 1.29 is 14.2 Å². The minimum absolute atomic E-state index is 0.0326. The predicted molar refractivity (Wildman–Crippen MR) is 133 cm³/mol. The fourth-order valence-corrected chi connectivity index (χ4v) is 3.90. The van der Waals surface area contributed by atoms with E-state index in [-0.39, 0.29) is 18.1 Å². The first-order valence-electron chi connectivity index (χ1n) is 10.7. The number of imidazole rings is 1. The molecular formula is C24H17BrFN7O3. The second kappa shape index (κ2) is 10.0. The maximum absolute atomic E-state index is 13.4. The lowest BCUT2D eigenvalue weighted by Gasteiger charge is -2.01. The molecular weight excluding hydrogens is 533 g/mol. The second-order valence-electron chi connectivity index (χ2n) is 7.77. The number of oxime groups is 1. The second-order valence-corrected chi connectivity index (χ2v) is 8.68. The van der Waals surface area contributed by atoms with Gasteiger partial charge in [-0.05, 0) is 57.9 Å². The van der Waals surface area contributed by atoms with Gasteiger partial charge < -0.3 is 4.84 Å². The van der Waals surface area contributed by atoms with Crippen LogP contribution in [0.2, 0.25) is 0 Å². The highest BCUT2D eigenvalue weighted by Gasteiger charge is 2.13. The first kappa shape index (κ1) is 23.3. The number of hydrogen-bond donors (Lipinski definition) is 0. The third kappa shape index (κ3) is 5.13. The van der Waals surface area contributed by atoms with Crippen molar-refractivity contribution in [1.82, 2.24) is 24.4 Å². The van der Waals surface area contributed by atoms with Crippen molar-refractivity contribution in [1.29, 1.82) is 0 Å². The van der Waals surface area contributed by atoms with Crippen LogP contribution in [0.5, 0.6) is 0 Å². The summed E-state index contributed by atoms with van der Waals surface area (Å²) in [4.78, 5) is 20.5. The molecule has 3 heterocycles. The molecule has 180 valence electrons. The molecule has 0 radical (unpaired) electrons. The quantitative estimate of drug-likeness (QED) is 0.153. The Morgan fingerprint density at radius 2 is 1.86 bits per heavy atom. The molecule has 0 unspecified atom stereocenters. The van der Waals surface area contributed by atoms with Gasteiger partial charge in [0.15, 0.2) is 6.61 Å². The van der Waals surface area contributed by atoms with Crippen LogP contribution >= 0.6 is 15.9 Å². The number of rotatable bonds is 8. The zero-order valence-electron chi connectivity index (χ0n) is 18.5. The maximum atomic E-state index is 13.4. The molecule has 0 atom stereocenters. The number of nitro groups is 1. The van der Waals surface area contributed by atoms with E-state index >= 15 is 0 Å². The van der Waals surface area contributed by atoms with Crippen LogP contribution in [-0.4, -0.2) is 35.5 Å². The summed E-state index contributed by atoms with van der Waals surface area (Å²) in [6.07, 6.45) is 5.12. The number of non-ortho nitro benzene ring substituents is 1. The van der Waals surface area contributed by atoms with E-state index in [1.165, 1.54) is 24.3 Å². The van der Waals surface area contributed by atoms with Crippen molar-refractivity contribution in [3.8, 4) is 11.3 Å². The monoisotopic (exact) mass is 549 g/mol. The van der Waals surface area contributed by atoms with Crippen molar-refractivity contribution in [2.24, 2.45) is 5.16 Å². The molecule has 0 saturated heterocycles. The summed E-state index contributed by atoms with van der Waals surface area (Å²) >= 11 is 3.47. The molecule has 0 aliphatic rings. The van der Waals surface area contributed by atoms with Crippen LogP contribution in [-0.2, 0) is 18.0 Å². The Labute approximate surface area is 211 Å². The first-order chi connectivity index (χ1) is 17.5. The molecule has 0 fully saturated rings. The zero-order chi connectivity index (χ0) is 25.1. The Morgan fingerprint density at radius 3 is 2.61 bits per heavy atom. The van der Waals surface area contributed by atoms with Crippen LogP contribution in [0.4, 0.5) is 10.1 Å². The third-order valence-electron chi connectivity index (χ3n) is 5.28. The van der Waals surface area contributed by atoms with E-state index in [0.29, 0.717) is 29.3 Å². The molecule has 5 rings (SSSR count). The Kier molecular flexibility index (Phi) is 6.50. The highest BCUT2D eigenvalue weighted by Crippen LogP contribution is 2.25. The minimum atomic E-state index is -0.441. The number of fused-ring (bicyclic) bond motifs is 1. The van der Waals surface area contributed by atoms with Crippen LogP contribution in [0.1, 0.15) is 17.0 Å². The van der Waals surface area contributed by atoms with E-state index in [1.807, 2.05) is 22.7 Å². The van der Waals surface area contributed by atoms with E-state index in [0.717, 1.165) is 15.6 Å². The Hall–Kier alpha value is -4.45. The van der Waals surface area contributed by atoms with Crippen LogP contribution in [0.15, 0.2) is 82.7 Å². The molecule has 0 aliphatic carbocycles. The lowest BCUT2D eigenvalue weighted by molar-refractivity contribution is -0.384. The largest absolute Gasteiger partial charge is 0.389 e. The van der Waals surface area contributed by atoms with Crippen molar-refractivity contribution >= 4 is 33.5 Å². The molecule has 0 N–H and O–H groups in total. The number of pyridine rings is 1. The van der Waals surface area contributed by atoms with Gasteiger partial charge in [-0.3, -0.25) is 14.5 Å². The molecule has 3 aromatic heterocycles. The molecule has 12 heteroatoms. The van der Waals surface area contributed by atoms with Gasteiger partial charge in [0.2, 0.25) is 0 Å². The number of benzene rings is 2. The van der Waals surface area contributed by atoms with Crippen LogP contribution in [0, 0.1) is 15.9 Å². The molecule has 0 saturated carbocycles. The van der Waals surface area contributed by atoms with E-state index in [4.69, 9.17) is 4.84 Å². The summed E-state index contributed by atoms with van der Waals surface area (Å²) in [5, 5.41) is 23.0. The van der Waals surface area contributed by atoms with E-state index in [9.17, 15) is 14.5 Å². The topological polar surface area (TPSA) is 113 Å². The number of hydrogen-bond acceptors (Lipinski definition) is 7. The minimum Gasteiger partial charge on any atom is -0.389 e. The van der Waals surface area contributed by atoms with Crippen molar-refractivity contribution in [3.05, 3.63) is 110 Å². The fourth-order valence-electron chi connectivity index (χ4n) is 3.56. The predicted octanol–water partition coefficient (Wildman–Crippen LogP) is 5.00. The standard InChI is InChI=1S/C24H17BrFN7O3/c25-18-5-10-23-28-24(17-3-6-19(26)7-4-17)22(32(23)13-18)11-27-36-15-20-14-31(30-29-20)12-16-1-8-21(9-2-16)33(34)35/h1-11,13-14H,12,15H2/b27-11+. The summed E-state index contributed by atoms with van der Waals surface area (Å²) in [7, 11) is 0. The van der Waals surface area contributed by atoms with Crippen LogP contribution in [0.25, 0.3) is 16.9 Å². The summed E-state index contributed by atoms with van der Waals surface area (Å²) in [5.41, 5.74) is 4.19. The first-order valence-corrected chi connectivity index (χ1v) is 11.5. The molecule has 2 aromatic carbocycles. The highest BCUT2D eigenvalue weighted by molar-refractivity contribution is 9.10. The SMILES string of the molecule is O=[N+]([O-])c1ccc(Cn2cc(CO/N=C/c3c(-c4ccc(F)cc4)nc4ccc(Br)cn34)nn2)cc1. The number of aromatic nitrogens is 5. The lowest BCUT2D eigenvalue weighted by atomic mass is 10.1. The molecule has 10 nitrogen and oxygen atoms in total. The number of nitro benzene ring substituents is 1. The van der Waals surface area contributed by atoms with Crippen LogP contribution < -0.4 is 0 Å². The highest BCUT2D eigenvalue weighted by atomic mass is 79.9. The summed E-state index contributed by atoms with van der Waals surface area (Å²) in [6.45, 7) is 0.495. The average molecular weight is 550 g/mol. The van der Waals surface area contributed by atoms with E-state index in [1.54, 1.807) is 41.4 Å². The van der Waals surface area contributed by atoms with Gasteiger partial charge >= 0.3 is 0 Å². The van der Waals surface area contributed by atoms with E-state index < -0.39 is 4.92 Å². The van der Waals surface area contributed by atoms with Gasteiger partial charge in [0.25, 0.3) is 5.69 Å². The van der Waals surface area contributed by atoms with Gasteiger partial charge in [-0.2, -0.15) is 0 Å². The Bertz CT molecular complexity index is 1560. The number of nitrogens with zero attached hydrogens (tertiary/aromatic N) is 7. The summed E-state index contributed by atoms with van der Waals surface area (Å²) < 4.78 is 17.7. The van der Waals surface area contributed by atoms with Gasteiger partial charge in [-0.15, -0.1) is 5.10 Å². The zero-order valence-corrected chi connectivity index (χ0v) is 20.1. The smallest absolute Gasteiger partial charge is 0.269 e. The average Bonchev–Trinajstić information content (AvgIpc) is 3.46. The number of halogens is 2. The fraction of sp³-hybridized carbons (Fsp3) is 0.0833. The molecule has 0 bridgehead atoms. The molecule has 0 amide bonds. The van der Waals surface area contributed by atoms with Crippen molar-refractivity contribution in [2.45, 2.75) is 13.2 Å². The summed E-state index contributed by atoms with van der Waals surface area (Å²) in [6, 6.07) is 16.1. The third-order valence-corrected chi connectivity index (χ3v) is 5.75. The molecule has 5 aromatic rings. The molecule has 0 spiro atoms.